The second kappa shape index (κ2) is 18.3. The summed E-state index contributed by atoms with van der Waals surface area (Å²) in [6.45, 7) is 7.79. The molecule has 0 aliphatic rings. The Morgan fingerprint density at radius 2 is 0.913 bits per heavy atom. The zero-order chi connectivity index (χ0) is 33.3. The smallest absolute Gasteiger partial charge is 0.343 e. The molecule has 0 amide bonds. The molecule has 0 radical (unpaired) electrons. The first-order valence-electron chi connectivity index (χ1n) is 14.2. The molecule has 10 nitrogen and oxygen atoms in total. The number of hydrogen-bond donors (Lipinski definition) is 0. The summed E-state index contributed by atoms with van der Waals surface area (Å²) in [6.07, 6.45) is 4.58. The number of carbonyl (C=O) groups excluding carboxylic acids is 4. The molecular formula is C34H32F2O10. The maximum absolute atomic E-state index is 14.7. The largest absolute Gasteiger partial charge is 0.494 e. The van der Waals surface area contributed by atoms with Crippen LogP contribution >= 0.6 is 0 Å². The summed E-state index contributed by atoms with van der Waals surface area (Å²) < 4.78 is 60.3. The van der Waals surface area contributed by atoms with Crippen molar-refractivity contribution in [3.63, 3.8) is 0 Å². The van der Waals surface area contributed by atoms with E-state index in [2.05, 4.69) is 13.2 Å². The van der Waals surface area contributed by atoms with Crippen LogP contribution in [-0.2, 0) is 19.1 Å². The van der Waals surface area contributed by atoms with E-state index in [1.165, 1.54) is 48.5 Å². The first-order chi connectivity index (χ1) is 22.2. The average molecular weight is 639 g/mol. The molecule has 3 aromatic rings. The zero-order valence-corrected chi connectivity index (χ0v) is 24.8. The lowest BCUT2D eigenvalue weighted by atomic mass is 10.2. The summed E-state index contributed by atoms with van der Waals surface area (Å²) in [5.74, 6) is -5.59. The fraction of sp³-hybridized carbons (Fsp3) is 0.235. The summed E-state index contributed by atoms with van der Waals surface area (Å²) >= 11 is 0. The van der Waals surface area contributed by atoms with E-state index in [-0.39, 0.29) is 24.3 Å². The molecule has 0 aliphatic heterocycles. The third kappa shape index (κ3) is 11.5. The highest BCUT2D eigenvalue weighted by atomic mass is 19.1. The SMILES string of the molecule is C=CC(=O)OCCCCOc1ccc(C(=O)Oc2cc(F)c(OC(=O)c3ccc(OCCCCOC(=O)C=C)cc3)cc2F)cc1. The Morgan fingerprint density at radius 3 is 1.26 bits per heavy atom. The normalized spacial score (nSPS) is 10.3. The van der Waals surface area contributed by atoms with E-state index in [1.807, 2.05) is 0 Å². The van der Waals surface area contributed by atoms with Gasteiger partial charge in [-0.3, -0.25) is 0 Å². The van der Waals surface area contributed by atoms with Crippen LogP contribution in [0.2, 0.25) is 0 Å². The van der Waals surface area contributed by atoms with E-state index in [9.17, 15) is 28.0 Å². The molecule has 46 heavy (non-hydrogen) atoms. The van der Waals surface area contributed by atoms with Gasteiger partial charge in [0.1, 0.15) is 11.5 Å². The van der Waals surface area contributed by atoms with Crippen molar-refractivity contribution in [1.82, 2.24) is 0 Å². The number of rotatable bonds is 18. The predicted octanol–water partition coefficient (Wildman–Crippen LogP) is 6.18. The summed E-state index contributed by atoms with van der Waals surface area (Å²) in [5.41, 5.74) is 0.112. The van der Waals surface area contributed by atoms with Gasteiger partial charge in [-0.15, -0.1) is 0 Å². The monoisotopic (exact) mass is 638 g/mol. The van der Waals surface area contributed by atoms with Gasteiger partial charge in [-0.25, -0.2) is 28.0 Å². The van der Waals surface area contributed by atoms with Gasteiger partial charge in [0.05, 0.1) is 37.6 Å². The number of halogens is 2. The van der Waals surface area contributed by atoms with Gasteiger partial charge >= 0.3 is 23.9 Å². The van der Waals surface area contributed by atoms with Crippen molar-refractivity contribution in [2.45, 2.75) is 25.7 Å². The second-order valence-electron chi connectivity index (χ2n) is 9.40. The van der Waals surface area contributed by atoms with E-state index in [0.29, 0.717) is 62.5 Å². The molecular weight excluding hydrogens is 606 g/mol. The van der Waals surface area contributed by atoms with Crippen molar-refractivity contribution in [3.8, 4) is 23.0 Å². The quantitative estimate of drug-likeness (QED) is 0.0691. The fourth-order valence-electron chi connectivity index (χ4n) is 3.61. The highest BCUT2D eigenvalue weighted by Gasteiger charge is 2.19. The molecule has 0 aromatic heterocycles. The highest BCUT2D eigenvalue weighted by molar-refractivity contribution is 5.92. The van der Waals surface area contributed by atoms with Crippen LogP contribution in [0.15, 0.2) is 86.0 Å². The third-order valence-electron chi connectivity index (χ3n) is 6.01. The molecule has 242 valence electrons. The standard InChI is InChI=1S/C34H32F2O10/c1-3-31(37)43-19-7-5-17-41-25-13-9-23(10-14-25)33(39)45-29-21-28(36)30(22-27(29)35)46-34(40)24-11-15-26(16-12-24)42-18-6-8-20-44-32(38)4-2/h3-4,9-16,21-22H,1-2,5-8,17-20H2. The van der Waals surface area contributed by atoms with Crippen LogP contribution in [0.3, 0.4) is 0 Å². The van der Waals surface area contributed by atoms with E-state index in [0.717, 1.165) is 12.2 Å². The van der Waals surface area contributed by atoms with E-state index in [4.69, 9.17) is 28.4 Å². The molecule has 0 saturated carbocycles. The maximum atomic E-state index is 14.7. The minimum absolute atomic E-state index is 0.0560. The van der Waals surface area contributed by atoms with E-state index >= 15 is 0 Å². The Hall–Kier alpha value is -5.52. The predicted molar refractivity (Wildman–Crippen MR) is 161 cm³/mol. The van der Waals surface area contributed by atoms with Crippen LogP contribution in [0.25, 0.3) is 0 Å². The van der Waals surface area contributed by atoms with Gasteiger partial charge in [0.15, 0.2) is 23.1 Å². The molecule has 0 N–H and O–H groups in total. The Bertz CT molecular complexity index is 1400. The fourth-order valence-corrected chi connectivity index (χ4v) is 3.61. The second-order valence-corrected chi connectivity index (χ2v) is 9.40. The molecule has 0 bridgehead atoms. The molecule has 0 spiro atoms. The molecule has 3 aromatic carbocycles. The summed E-state index contributed by atoms with van der Waals surface area (Å²) in [5, 5.41) is 0. The molecule has 0 heterocycles. The van der Waals surface area contributed by atoms with Gasteiger partial charge in [0, 0.05) is 24.3 Å². The summed E-state index contributed by atoms with van der Waals surface area (Å²) in [7, 11) is 0. The van der Waals surface area contributed by atoms with Crippen LogP contribution < -0.4 is 18.9 Å². The Labute approximate surface area is 264 Å². The van der Waals surface area contributed by atoms with Crippen LogP contribution in [-0.4, -0.2) is 50.3 Å². The lowest BCUT2D eigenvalue weighted by molar-refractivity contribution is -0.138. The van der Waals surface area contributed by atoms with Crippen molar-refractivity contribution < 1.29 is 56.4 Å². The first kappa shape index (κ1) is 35.0. The van der Waals surface area contributed by atoms with Gasteiger partial charge in [-0.1, -0.05) is 13.2 Å². The number of ether oxygens (including phenoxy) is 6. The lowest BCUT2D eigenvalue weighted by Gasteiger charge is -2.11. The maximum Gasteiger partial charge on any atom is 0.343 e. The van der Waals surface area contributed by atoms with Gasteiger partial charge in [-0.2, -0.15) is 0 Å². The third-order valence-corrected chi connectivity index (χ3v) is 6.01. The number of hydrogen-bond acceptors (Lipinski definition) is 10. The number of esters is 4. The minimum Gasteiger partial charge on any atom is -0.494 e. The van der Waals surface area contributed by atoms with Gasteiger partial charge < -0.3 is 28.4 Å². The Morgan fingerprint density at radius 1 is 0.565 bits per heavy atom. The minimum atomic E-state index is -1.13. The molecule has 0 unspecified atom stereocenters. The molecule has 0 fully saturated rings. The van der Waals surface area contributed by atoms with Crippen molar-refractivity contribution in [3.05, 3.63) is 109 Å². The molecule has 0 atom stereocenters. The van der Waals surface area contributed by atoms with Crippen LogP contribution in [0.5, 0.6) is 23.0 Å². The lowest BCUT2D eigenvalue weighted by Crippen LogP contribution is -2.12. The van der Waals surface area contributed by atoms with Crippen LogP contribution in [0, 0.1) is 11.6 Å². The van der Waals surface area contributed by atoms with Crippen molar-refractivity contribution in [2.75, 3.05) is 26.4 Å². The number of carbonyl (C=O) groups is 4. The topological polar surface area (TPSA) is 124 Å². The van der Waals surface area contributed by atoms with Crippen LogP contribution in [0.1, 0.15) is 46.4 Å². The van der Waals surface area contributed by atoms with Crippen molar-refractivity contribution in [2.24, 2.45) is 0 Å². The van der Waals surface area contributed by atoms with Gasteiger partial charge in [0.25, 0.3) is 0 Å². The van der Waals surface area contributed by atoms with E-state index in [1.54, 1.807) is 0 Å². The zero-order valence-electron chi connectivity index (χ0n) is 24.8. The highest BCUT2D eigenvalue weighted by Crippen LogP contribution is 2.28. The molecule has 12 heteroatoms. The van der Waals surface area contributed by atoms with Crippen molar-refractivity contribution >= 4 is 23.9 Å². The van der Waals surface area contributed by atoms with Crippen LogP contribution in [0.4, 0.5) is 8.78 Å². The molecule has 0 aliphatic carbocycles. The Kier molecular flexibility index (Phi) is 13.9. The average Bonchev–Trinajstić information content (AvgIpc) is 3.06. The number of unbranched alkanes of at least 4 members (excludes halogenated alkanes) is 2. The first-order valence-corrected chi connectivity index (χ1v) is 14.2. The molecule has 0 saturated heterocycles. The Balaban J connectivity index is 1.46. The number of benzene rings is 3. The summed E-state index contributed by atoms with van der Waals surface area (Å²) in [4.78, 5) is 47.0. The molecule has 3 rings (SSSR count). The van der Waals surface area contributed by atoms with Gasteiger partial charge in [0.2, 0.25) is 0 Å². The van der Waals surface area contributed by atoms with E-state index < -0.39 is 47.0 Å². The van der Waals surface area contributed by atoms with Crippen molar-refractivity contribution in [1.29, 1.82) is 0 Å². The summed E-state index contributed by atoms with van der Waals surface area (Å²) in [6, 6.07) is 12.9. The van der Waals surface area contributed by atoms with Gasteiger partial charge in [-0.05, 0) is 74.2 Å².